The summed E-state index contributed by atoms with van der Waals surface area (Å²) in [6.07, 6.45) is 10.3. The van der Waals surface area contributed by atoms with Gasteiger partial charge in [-0.05, 0) is 43.5 Å². The van der Waals surface area contributed by atoms with Gasteiger partial charge in [0.05, 0.1) is 5.69 Å². The van der Waals surface area contributed by atoms with E-state index in [2.05, 4.69) is 31.8 Å². The van der Waals surface area contributed by atoms with Gasteiger partial charge in [-0.25, -0.2) is 9.38 Å². The normalized spacial score (nSPS) is 21.0. The molecule has 1 aliphatic carbocycles. The lowest BCUT2D eigenvalue weighted by Gasteiger charge is -2.34. The largest absolute Gasteiger partial charge is 0.344 e. The summed E-state index contributed by atoms with van der Waals surface area (Å²) in [5.41, 5.74) is 1.29. The van der Waals surface area contributed by atoms with Crippen molar-refractivity contribution in [3.63, 3.8) is 0 Å². The number of hydrogen-bond acceptors (Lipinski definition) is 6. The Bertz CT molecular complexity index is 1400. The van der Waals surface area contributed by atoms with Gasteiger partial charge in [0.15, 0.2) is 0 Å². The topological polar surface area (TPSA) is 122 Å². The fourth-order valence-electron chi connectivity index (χ4n) is 5.86. The number of benzene rings is 1. The maximum Gasteiger partial charge on any atom is 0.292 e. The van der Waals surface area contributed by atoms with Crippen molar-refractivity contribution in [2.45, 2.75) is 64.0 Å². The van der Waals surface area contributed by atoms with Gasteiger partial charge in [0.2, 0.25) is 29.4 Å². The lowest BCUT2D eigenvalue weighted by atomic mass is 9.83. The fraction of sp³-hybridized carbons (Fsp3) is 0.516. The third-order valence-corrected chi connectivity index (χ3v) is 8.41. The first kappa shape index (κ1) is 30.3. The Kier molecular flexibility index (Phi) is 9.79. The van der Waals surface area contributed by atoms with E-state index in [1.807, 2.05) is 7.05 Å². The van der Waals surface area contributed by atoms with Crippen LogP contribution in [0.1, 0.15) is 51.0 Å². The molecule has 1 saturated carbocycles. The van der Waals surface area contributed by atoms with Crippen molar-refractivity contribution in [2.75, 3.05) is 38.5 Å². The van der Waals surface area contributed by atoms with Gasteiger partial charge in [0, 0.05) is 54.9 Å². The molecule has 0 aromatic heterocycles. The third kappa shape index (κ3) is 7.44. The second-order valence-corrected chi connectivity index (χ2v) is 11.5. The number of likely N-dealkylation sites (N-methyl/N-ethyl adjacent to an activating group) is 1. The molecule has 5 rings (SSSR count). The van der Waals surface area contributed by atoms with E-state index < -0.39 is 17.9 Å². The molecule has 1 aromatic rings. The molecule has 0 bridgehead atoms. The van der Waals surface area contributed by atoms with Crippen LogP contribution in [0.3, 0.4) is 0 Å². The summed E-state index contributed by atoms with van der Waals surface area (Å²) in [6, 6.07) is 3.00. The van der Waals surface area contributed by atoms with E-state index >= 15 is 4.39 Å². The van der Waals surface area contributed by atoms with Crippen LogP contribution >= 0.6 is 0 Å². The van der Waals surface area contributed by atoms with Crippen molar-refractivity contribution in [3.05, 3.63) is 47.6 Å². The van der Waals surface area contributed by atoms with Crippen LogP contribution in [-0.4, -0.2) is 95.4 Å². The number of nitrogens with one attached hydrogen (secondary N) is 3. The monoisotopic (exact) mass is 591 g/mol. The standard InChI is InChI=1S/C31H39FN8O3/c1-3-27(41)35-25(31(43)39-17-15-38(2)16-18-39)20-21-9-10-24(23(32)19-21)36-30(42)28(22-7-5-4-6-8-22)37-29-26-11-12-34-40(26)14-13-33-29/h9-13,19,22,25,28H,3-8,15-18,20H2,1-2H3,(H2-,33,35,36,37,41,42)/p+1/t25-,28+/m1/s1. The molecule has 3 N–H and O–H groups in total. The van der Waals surface area contributed by atoms with Gasteiger partial charge in [-0.3, -0.25) is 14.4 Å². The van der Waals surface area contributed by atoms with Gasteiger partial charge in [0.1, 0.15) is 30.3 Å². The summed E-state index contributed by atoms with van der Waals surface area (Å²) in [5, 5.41) is 12.9. The SMILES string of the molecule is CCC(=O)N[C@H](Cc1ccc(NC(=O)[C@@H](N=C2NC=C=[N+]3N=CC=C23)C2CCCCC2)c(F)c1)C(=O)N1CCN(C)CC1. The molecule has 4 aliphatic rings. The maximum absolute atomic E-state index is 15.4. The summed E-state index contributed by atoms with van der Waals surface area (Å²) in [4.78, 5) is 47.9. The van der Waals surface area contributed by atoms with E-state index in [0.29, 0.717) is 30.2 Å². The molecule has 0 spiro atoms. The highest BCUT2D eigenvalue weighted by Crippen LogP contribution is 2.30. The number of hydrazone groups is 1. The summed E-state index contributed by atoms with van der Waals surface area (Å²) in [6.45, 7) is 4.39. The quantitative estimate of drug-likeness (QED) is 0.380. The number of halogens is 1. The Labute approximate surface area is 251 Å². The average molecular weight is 592 g/mol. The Morgan fingerprint density at radius 2 is 1.95 bits per heavy atom. The van der Waals surface area contributed by atoms with Crippen LogP contribution in [-0.2, 0) is 20.8 Å². The van der Waals surface area contributed by atoms with Gasteiger partial charge in [0.25, 0.3) is 5.70 Å². The van der Waals surface area contributed by atoms with Crippen LogP contribution in [0, 0.1) is 11.7 Å². The van der Waals surface area contributed by atoms with Crippen molar-refractivity contribution in [1.29, 1.82) is 0 Å². The van der Waals surface area contributed by atoms with Crippen molar-refractivity contribution < 1.29 is 23.5 Å². The molecule has 1 saturated heterocycles. The Balaban J connectivity index is 1.31. The second kappa shape index (κ2) is 13.9. The minimum absolute atomic E-state index is 0.0279. The van der Waals surface area contributed by atoms with Crippen molar-refractivity contribution in [2.24, 2.45) is 16.0 Å². The van der Waals surface area contributed by atoms with Crippen molar-refractivity contribution in [1.82, 2.24) is 20.4 Å². The number of hydrogen-bond donors (Lipinski definition) is 3. The predicted octanol–water partition coefficient (Wildman–Crippen LogP) is 2.01. The van der Waals surface area contributed by atoms with E-state index in [0.717, 1.165) is 45.2 Å². The number of fused-ring (bicyclic) bond motifs is 1. The Morgan fingerprint density at radius 3 is 2.67 bits per heavy atom. The number of amides is 3. The van der Waals surface area contributed by atoms with Gasteiger partial charge in [-0.1, -0.05) is 32.3 Å². The highest BCUT2D eigenvalue weighted by Gasteiger charge is 2.34. The molecule has 3 heterocycles. The lowest BCUT2D eigenvalue weighted by Crippen LogP contribution is -2.54. The van der Waals surface area contributed by atoms with Crippen molar-refractivity contribution in [3.8, 4) is 0 Å². The Hall–Kier alpha value is -4.15. The van der Waals surface area contributed by atoms with Gasteiger partial charge < -0.3 is 25.8 Å². The maximum atomic E-state index is 15.4. The highest BCUT2D eigenvalue weighted by atomic mass is 19.1. The Morgan fingerprint density at radius 1 is 1.19 bits per heavy atom. The molecule has 43 heavy (non-hydrogen) atoms. The summed E-state index contributed by atoms with van der Waals surface area (Å²) < 4.78 is 17.0. The summed E-state index contributed by atoms with van der Waals surface area (Å²) in [7, 11) is 2.00. The van der Waals surface area contributed by atoms with Crippen LogP contribution in [0.15, 0.2) is 46.3 Å². The number of rotatable bonds is 9. The first-order chi connectivity index (χ1) is 20.8. The minimum atomic E-state index is -0.801. The molecular formula is C31H40FN8O3+. The highest BCUT2D eigenvalue weighted by molar-refractivity contribution is 6.05. The molecule has 2 atom stereocenters. The number of amidine groups is 1. The van der Waals surface area contributed by atoms with Gasteiger partial charge >= 0.3 is 0 Å². The minimum Gasteiger partial charge on any atom is -0.344 e. The van der Waals surface area contributed by atoms with E-state index in [9.17, 15) is 14.4 Å². The first-order valence-corrected chi connectivity index (χ1v) is 15.2. The van der Waals surface area contributed by atoms with Crippen LogP contribution in [0.5, 0.6) is 0 Å². The summed E-state index contributed by atoms with van der Waals surface area (Å²) in [5.74, 6) is 2.09. The number of nitrogens with zero attached hydrogens (tertiary/aromatic N) is 5. The lowest BCUT2D eigenvalue weighted by molar-refractivity contribution is -0.462. The van der Waals surface area contributed by atoms with Crippen LogP contribution in [0.2, 0.25) is 0 Å². The third-order valence-electron chi connectivity index (χ3n) is 8.41. The molecule has 11 nitrogen and oxygen atoms in total. The first-order valence-electron chi connectivity index (χ1n) is 15.2. The molecule has 3 aliphatic heterocycles. The zero-order valence-electron chi connectivity index (χ0n) is 24.8. The van der Waals surface area contributed by atoms with Gasteiger partial charge in [-0.2, -0.15) is 0 Å². The molecule has 1 aromatic carbocycles. The van der Waals surface area contributed by atoms with Crippen LogP contribution in [0.25, 0.3) is 0 Å². The smallest absolute Gasteiger partial charge is 0.292 e. The van der Waals surface area contributed by atoms with E-state index in [4.69, 9.17) is 4.99 Å². The number of carbonyl (C=O) groups is 3. The van der Waals surface area contributed by atoms with Crippen molar-refractivity contribution >= 4 is 41.3 Å². The molecule has 228 valence electrons. The molecule has 12 heteroatoms. The van der Waals surface area contributed by atoms with E-state index in [1.54, 1.807) is 41.1 Å². The molecule has 3 amide bonds. The van der Waals surface area contributed by atoms with Crippen LogP contribution < -0.4 is 16.0 Å². The number of aliphatic imine (C=N–C) groups is 1. The number of anilines is 1. The van der Waals surface area contributed by atoms with Crippen LogP contribution in [0.4, 0.5) is 10.1 Å². The average Bonchev–Trinajstić information content (AvgIpc) is 3.51. The zero-order chi connectivity index (χ0) is 30.3. The van der Waals surface area contributed by atoms with E-state index in [1.165, 1.54) is 12.1 Å². The zero-order valence-corrected chi connectivity index (χ0v) is 24.8. The van der Waals surface area contributed by atoms with Gasteiger partial charge in [-0.15, -0.1) is 0 Å². The predicted molar refractivity (Wildman–Crippen MR) is 162 cm³/mol. The molecule has 0 unspecified atom stereocenters. The summed E-state index contributed by atoms with van der Waals surface area (Å²) >= 11 is 0. The molecule has 0 radical (unpaired) electrons. The number of piperazine rings is 1. The second-order valence-electron chi connectivity index (χ2n) is 11.5. The fourth-order valence-corrected chi connectivity index (χ4v) is 5.86. The molecule has 2 fully saturated rings. The van der Waals surface area contributed by atoms with E-state index in [-0.39, 0.29) is 42.2 Å². The number of allylic oxidation sites excluding steroid dienone is 1. The molecular weight excluding hydrogens is 551 g/mol. The number of carbonyl (C=O) groups excluding carboxylic acids is 3.